The van der Waals surface area contributed by atoms with Crippen LogP contribution in [0, 0.1) is 0 Å². The second-order valence-electron chi connectivity index (χ2n) is 4.72. The fourth-order valence-electron chi connectivity index (χ4n) is 2.39. The van der Waals surface area contributed by atoms with E-state index in [0.717, 1.165) is 0 Å². The van der Waals surface area contributed by atoms with Crippen LogP contribution in [0.1, 0.15) is 12.6 Å². The lowest BCUT2D eigenvalue weighted by Crippen LogP contribution is -2.23. The third-order valence-electron chi connectivity index (χ3n) is 3.37. The molecule has 2 aromatic heterocycles. The van der Waals surface area contributed by atoms with E-state index in [2.05, 4.69) is 20.1 Å². The van der Waals surface area contributed by atoms with Gasteiger partial charge < -0.3 is 20.7 Å². The van der Waals surface area contributed by atoms with E-state index < -0.39 is 24.0 Å². The molecule has 22 heavy (non-hydrogen) atoms. The third-order valence-corrected chi connectivity index (χ3v) is 3.37. The number of rotatable bonds is 3. The van der Waals surface area contributed by atoms with E-state index >= 15 is 0 Å². The van der Waals surface area contributed by atoms with Gasteiger partial charge in [0.1, 0.15) is 6.10 Å². The summed E-state index contributed by atoms with van der Waals surface area (Å²) in [5, 5.41) is 22.2. The Morgan fingerprint density at radius 1 is 1.64 bits per heavy atom. The fourth-order valence-corrected chi connectivity index (χ4v) is 2.39. The Balaban J connectivity index is 2.14. The average Bonchev–Trinajstić information content (AvgIpc) is 3.06. The Hall–Kier alpha value is -2.66. The van der Waals surface area contributed by atoms with Crippen LogP contribution in [0.4, 0.5) is 5.95 Å². The monoisotopic (exact) mass is 308 g/mol. The average molecular weight is 308 g/mol. The van der Waals surface area contributed by atoms with Gasteiger partial charge in [0, 0.05) is 6.42 Å². The summed E-state index contributed by atoms with van der Waals surface area (Å²) in [6, 6.07) is 0. The van der Waals surface area contributed by atoms with Crippen LogP contribution >= 0.6 is 0 Å². The van der Waals surface area contributed by atoms with Crippen LogP contribution in [0.3, 0.4) is 0 Å². The minimum Gasteiger partial charge on any atom is -0.394 e. The summed E-state index contributed by atoms with van der Waals surface area (Å²) in [4.78, 5) is 22.5. The summed E-state index contributed by atoms with van der Waals surface area (Å²) < 4.78 is 7.42. The first-order chi connectivity index (χ1) is 10.6. The molecule has 0 aromatic carbocycles. The highest BCUT2D eigenvalue weighted by molar-refractivity contribution is 5.71. The van der Waals surface area contributed by atoms with Gasteiger partial charge in [0.05, 0.1) is 19.0 Å². The zero-order chi connectivity index (χ0) is 15.9. The van der Waals surface area contributed by atoms with Crippen molar-refractivity contribution in [1.82, 2.24) is 19.2 Å². The Labute approximate surface area is 122 Å². The van der Waals surface area contributed by atoms with Gasteiger partial charge in [0.15, 0.2) is 17.4 Å². The van der Waals surface area contributed by atoms with Crippen molar-refractivity contribution in [2.24, 2.45) is 5.22 Å². The molecule has 0 spiro atoms. The number of imidazole rings is 1. The summed E-state index contributed by atoms with van der Waals surface area (Å²) >= 11 is 0. The molecule has 1 aliphatic rings. The molecule has 116 valence electrons. The zero-order valence-corrected chi connectivity index (χ0v) is 11.1. The van der Waals surface area contributed by atoms with E-state index in [-0.39, 0.29) is 30.1 Å². The number of nitrogens with zero attached hydrogens (tertiary/aromatic N) is 7. The summed E-state index contributed by atoms with van der Waals surface area (Å²) in [7, 11) is 0. The Morgan fingerprint density at radius 2 is 2.41 bits per heavy atom. The largest absolute Gasteiger partial charge is 0.394 e. The number of azide groups is 1. The van der Waals surface area contributed by atoms with Crippen LogP contribution < -0.4 is 11.3 Å². The van der Waals surface area contributed by atoms with Crippen LogP contribution in [-0.2, 0) is 4.74 Å². The molecule has 2 aromatic rings. The number of fused-ring (bicyclic) bond motifs is 1. The SMILES string of the molecule is [N-]=[N+]=Nn1c(N)nc2c(ncn2[C@@H]2O[C@H](CO)C[C@H]2O)c1=O. The molecule has 0 unspecified atom stereocenters. The minimum atomic E-state index is -0.892. The second kappa shape index (κ2) is 5.27. The Kier molecular flexibility index (Phi) is 3.42. The van der Waals surface area contributed by atoms with Crippen molar-refractivity contribution in [2.75, 3.05) is 12.3 Å². The molecule has 0 saturated carbocycles. The van der Waals surface area contributed by atoms with Crippen molar-refractivity contribution < 1.29 is 14.9 Å². The van der Waals surface area contributed by atoms with Crippen LogP contribution in [0.5, 0.6) is 0 Å². The van der Waals surface area contributed by atoms with Crippen molar-refractivity contribution in [3.63, 3.8) is 0 Å². The molecule has 1 saturated heterocycles. The molecular weight excluding hydrogens is 296 g/mol. The summed E-state index contributed by atoms with van der Waals surface area (Å²) in [6.07, 6.45) is -0.738. The van der Waals surface area contributed by atoms with Crippen LogP contribution in [0.2, 0.25) is 0 Å². The van der Waals surface area contributed by atoms with Crippen molar-refractivity contribution in [2.45, 2.75) is 24.9 Å². The van der Waals surface area contributed by atoms with E-state index in [1.54, 1.807) is 0 Å². The van der Waals surface area contributed by atoms with Gasteiger partial charge in [0.2, 0.25) is 0 Å². The lowest BCUT2D eigenvalue weighted by Gasteiger charge is -2.16. The maximum absolute atomic E-state index is 12.1. The highest BCUT2D eigenvalue weighted by Crippen LogP contribution is 2.30. The van der Waals surface area contributed by atoms with Crippen molar-refractivity contribution in [3.05, 3.63) is 27.1 Å². The highest BCUT2D eigenvalue weighted by Gasteiger charge is 2.36. The van der Waals surface area contributed by atoms with Crippen LogP contribution in [-0.4, -0.2) is 48.2 Å². The molecule has 1 fully saturated rings. The third kappa shape index (κ3) is 2.07. The first kappa shape index (κ1) is 14.3. The molecule has 0 radical (unpaired) electrons. The molecule has 3 atom stereocenters. The normalized spacial score (nSPS) is 24.5. The standard InChI is InChI=1S/C10H12N8O4/c11-10-14-7-6(8(21)18(10)16-15-12)13-3-17(7)9-5(20)1-4(2-19)22-9/h3-5,9,19-20H,1-2H2,(H2,11,14)/t4-,5+,9+/m0/s1. The lowest BCUT2D eigenvalue weighted by atomic mass is 10.2. The quantitative estimate of drug-likeness (QED) is 0.365. The van der Waals surface area contributed by atoms with Gasteiger partial charge in [-0.2, -0.15) is 9.90 Å². The maximum atomic E-state index is 12.1. The summed E-state index contributed by atoms with van der Waals surface area (Å²) in [5.41, 5.74) is 13.3. The Morgan fingerprint density at radius 3 is 3.05 bits per heavy atom. The summed E-state index contributed by atoms with van der Waals surface area (Å²) in [5.74, 6) is -0.316. The molecule has 1 aliphatic heterocycles. The number of aliphatic hydroxyl groups is 2. The topological polar surface area (TPSA) is 177 Å². The molecule has 3 rings (SSSR count). The molecule has 0 bridgehead atoms. The first-order valence-corrected chi connectivity index (χ1v) is 6.31. The summed E-state index contributed by atoms with van der Waals surface area (Å²) in [6.45, 7) is -0.237. The fraction of sp³-hybridized carbons (Fsp3) is 0.500. The molecule has 3 heterocycles. The zero-order valence-electron chi connectivity index (χ0n) is 11.1. The van der Waals surface area contributed by atoms with Crippen molar-refractivity contribution >= 4 is 17.1 Å². The smallest absolute Gasteiger partial charge is 0.374 e. The van der Waals surface area contributed by atoms with Gasteiger partial charge in [-0.1, -0.05) is 0 Å². The van der Waals surface area contributed by atoms with Gasteiger partial charge in [0.25, 0.3) is 0 Å². The van der Waals surface area contributed by atoms with Gasteiger partial charge in [-0.25, -0.2) is 9.78 Å². The predicted molar refractivity (Wildman–Crippen MR) is 72.4 cm³/mol. The molecule has 0 aliphatic carbocycles. The van der Waals surface area contributed by atoms with Crippen molar-refractivity contribution in [3.8, 4) is 0 Å². The van der Waals surface area contributed by atoms with Crippen LogP contribution in [0.25, 0.3) is 21.6 Å². The number of hydrogen-bond acceptors (Lipinski definition) is 8. The highest BCUT2D eigenvalue weighted by atomic mass is 16.5. The lowest BCUT2D eigenvalue weighted by molar-refractivity contribution is -0.0486. The molecule has 4 N–H and O–H groups in total. The van der Waals surface area contributed by atoms with E-state index in [0.29, 0.717) is 4.68 Å². The predicted octanol–water partition coefficient (Wildman–Crippen LogP) is -1.11. The number of nitrogens with two attached hydrogens (primary N) is 1. The van der Waals surface area contributed by atoms with Crippen LogP contribution in [0.15, 0.2) is 16.3 Å². The van der Waals surface area contributed by atoms with E-state index in [1.165, 1.54) is 10.9 Å². The molecular formula is C10H12N8O4. The van der Waals surface area contributed by atoms with Gasteiger partial charge in [-0.3, -0.25) is 4.57 Å². The van der Waals surface area contributed by atoms with Gasteiger partial charge in [-0.15, -0.1) is 10.2 Å². The number of nitrogen functional groups attached to an aromatic ring is 1. The van der Waals surface area contributed by atoms with Gasteiger partial charge >= 0.3 is 11.5 Å². The molecule has 12 heteroatoms. The number of hydrogen-bond donors (Lipinski definition) is 3. The van der Waals surface area contributed by atoms with E-state index in [9.17, 15) is 9.90 Å². The number of aromatic nitrogens is 4. The maximum Gasteiger partial charge on any atom is 0.374 e. The van der Waals surface area contributed by atoms with Gasteiger partial charge in [-0.05, 0) is 5.22 Å². The Bertz CT molecular complexity index is 822. The first-order valence-electron chi connectivity index (χ1n) is 6.31. The second-order valence-corrected chi connectivity index (χ2v) is 4.72. The number of aliphatic hydroxyl groups excluding tert-OH is 2. The van der Waals surface area contributed by atoms with Crippen molar-refractivity contribution in [1.29, 1.82) is 0 Å². The minimum absolute atomic E-state index is 0.0788. The number of ether oxygens (including phenoxy) is 1. The van der Waals surface area contributed by atoms with E-state index in [1.807, 2.05) is 0 Å². The molecule has 12 nitrogen and oxygen atoms in total. The molecule has 0 amide bonds. The number of anilines is 1. The van der Waals surface area contributed by atoms with E-state index in [4.69, 9.17) is 21.1 Å².